The standard InChI is InChI=1S/C15H25NO2/c1-12(2)6-7-15(17)13(3)10-18-11-14-5-4-8-16-9-14/h4-5,8-9,12-13,15,17H,6-7,10-11H2,1-3H3/t13-,15-/m0/s1. The minimum absolute atomic E-state index is 0.181. The molecule has 0 fully saturated rings. The highest BCUT2D eigenvalue weighted by atomic mass is 16.5. The lowest BCUT2D eigenvalue weighted by atomic mass is 9.97. The van der Waals surface area contributed by atoms with Crippen LogP contribution in [0.3, 0.4) is 0 Å². The minimum atomic E-state index is -0.263. The van der Waals surface area contributed by atoms with Crippen LogP contribution in [0.25, 0.3) is 0 Å². The second-order valence-corrected chi connectivity index (χ2v) is 5.39. The number of aromatic nitrogens is 1. The summed E-state index contributed by atoms with van der Waals surface area (Å²) in [5.74, 6) is 0.823. The second-order valence-electron chi connectivity index (χ2n) is 5.39. The highest BCUT2D eigenvalue weighted by Gasteiger charge is 2.14. The first-order chi connectivity index (χ1) is 8.59. The summed E-state index contributed by atoms with van der Waals surface area (Å²) in [5.41, 5.74) is 1.07. The van der Waals surface area contributed by atoms with Crippen LogP contribution < -0.4 is 0 Å². The monoisotopic (exact) mass is 251 g/mol. The molecule has 0 radical (unpaired) electrons. The van der Waals surface area contributed by atoms with E-state index >= 15 is 0 Å². The van der Waals surface area contributed by atoms with E-state index in [1.807, 2.05) is 19.1 Å². The molecule has 0 saturated carbocycles. The lowest BCUT2D eigenvalue weighted by molar-refractivity contribution is 0.0230. The van der Waals surface area contributed by atoms with Crippen molar-refractivity contribution < 1.29 is 9.84 Å². The Kier molecular flexibility index (Phi) is 6.91. The van der Waals surface area contributed by atoms with Crippen LogP contribution in [0, 0.1) is 11.8 Å². The maximum atomic E-state index is 9.97. The molecule has 18 heavy (non-hydrogen) atoms. The van der Waals surface area contributed by atoms with Crippen LogP contribution in [0.15, 0.2) is 24.5 Å². The van der Waals surface area contributed by atoms with Crippen LogP contribution in [0.2, 0.25) is 0 Å². The molecule has 0 saturated heterocycles. The Bertz CT molecular complexity index is 314. The van der Waals surface area contributed by atoms with Crippen LogP contribution in [0.5, 0.6) is 0 Å². The van der Waals surface area contributed by atoms with Gasteiger partial charge >= 0.3 is 0 Å². The first kappa shape index (κ1) is 15.1. The lowest BCUT2D eigenvalue weighted by Crippen LogP contribution is -2.22. The van der Waals surface area contributed by atoms with Gasteiger partial charge in [0.1, 0.15) is 0 Å². The molecule has 0 aliphatic heterocycles. The Labute approximate surface area is 110 Å². The SMILES string of the molecule is CC(C)CC[C@H](O)[C@@H](C)COCc1cccnc1. The smallest absolute Gasteiger partial charge is 0.0731 e. The van der Waals surface area contributed by atoms with E-state index in [-0.39, 0.29) is 12.0 Å². The lowest BCUT2D eigenvalue weighted by Gasteiger charge is -2.19. The molecule has 1 aromatic rings. The first-order valence-corrected chi connectivity index (χ1v) is 6.74. The van der Waals surface area contributed by atoms with Gasteiger partial charge in [0.25, 0.3) is 0 Å². The molecular weight excluding hydrogens is 226 g/mol. The van der Waals surface area contributed by atoms with Crippen molar-refractivity contribution in [3.63, 3.8) is 0 Å². The van der Waals surface area contributed by atoms with E-state index < -0.39 is 0 Å². The number of hydrogen-bond acceptors (Lipinski definition) is 3. The molecule has 1 aromatic heterocycles. The number of aliphatic hydroxyl groups is 1. The molecule has 0 unspecified atom stereocenters. The number of aliphatic hydroxyl groups excluding tert-OH is 1. The van der Waals surface area contributed by atoms with Crippen LogP contribution in [-0.2, 0) is 11.3 Å². The van der Waals surface area contributed by atoms with E-state index in [0.717, 1.165) is 18.4 Å². The van der Waals surface area contributed by atoms with E-state index in [4.69, 9.17) is 4.74 Å². The maximum Gasteiger partial charge on any atom is 0.0731 e. The van der Waals surface area contributed by atoms with Gasteiger partial charge in [-0.05, 0) is 30.4 Å². The molecule has 1 N–H and O–H groups in total. The van der Waals surface area contributed by atoms with Gasteiger partial charge in [-0.2, -0.15) is 0 Å². The molecule has 0 aliphatic rings. The summed E-state index contributed by atoms with van der Waals surface area (Å²) in [5, 5.41) is 9.97. The normalized spacial score (nSPS) is 14.7. The summed E-state index contributed by atoms with van der Waals surface area (Å²) in [7, 11) is 0. The highest BCUT2D eigenvalue weighted by Crippen LogP contribution is 2.14. The zero-order valence-corrected chi connectivity index (χ0v) is 11.7. The summed E-state index contributed by atoms with van der Waals surface area (Å²) >= 11 is 0. The molecule has 3 nitrogen and oxygen atoms in total. The van der Waals surface area contributed by atoms with Crippen LogP contribution >= 0.6 is 0 Å². The van der Waals surface area contributed by atoms with E-state index in [1.54, 1.807) is 12.4 Å². The van der Waals surface area contributed by atoms with Crippen LogP contribution in [-0.4, -0.2) is 22.8 Å². The Balaban J connectivity index is 2.18. The van der Waals surface area contributed by atoms with Gasteiger partial charge in [0, 0.05) is 18.3 Å². The molecule has 1 heterocycles. The Morgan fingerprint density at radius 2 is 2.06 bits per heavy atom. The van der Waals surface area contributed by atoms with Crippen molar-refractivity contribution in [2.24, 2.45) is 11.8 Å². The van der Waals surface area contributed by atoms with Crippen molar-refractivity contribution in [3.05, 3.63) is 30.1 Å². The third-order valence-electron chi connectivity index (χ3n) is 3.07. The van der Waals surface area contributed by atoms with Crippen molar-refractivity contribution >= 4 is 0 Å². The van der Waals surface area contributed by atoms with Gasteiger partial charge in [-0.25, -0.2) is 0 Å². The number of rotatable bonds is 8. The van der Waals surface area contributed by atoms with Crippen LogP contribution in [0.4, 0.5) is 0 Å². The molecule has 0 bridgehead atoms. The van der Waals surface area contributed by atoms with Gasteiger partial charge in [0.15, 0.2) is 0 Å². The van der Waals surface area contributed by atoms with Crippen molar-refractivity contribution in [1.29, 1.82) is 0 Å². The average molecular weight is 251 g/mol. The maximum absolute atomic E-state index is 9.97. The van der Waals surface area contributed by atoms with Gasteiger partial charge in [0.05, 0.1) is 19.3 Å². The number of ether oxygens (including phenoxy) is 1. The predicted octanol–water partition coefficient (Wildman–Crippen LogP) is 3.03. The summed E-state index contributed by atoms with van der Waals surface area (Å²) in [6, 6.07) is 3.90. The van der Waals surface area contributed by atoms with Gasteiger partial charge in [0.2, 0.25) is 0 Å². The van der Waals surface area contributed by atoms with Crippen molar-refractivity contribution in [1.82, 2.24) is 4.98 Å². The molecule has 0 spiro atoms. The predicted molar refractivity (Wildman–Crippen MR) is 73.1 cm³/mol. The quantitative estimate of drug-likeness (QED) is 0.772. The molecule has 2 atom stereocenters. The van der Waals surface area contributed by atoms with Crippen molar-refractivity contribution in [2.45, 2.75) is 46.3 Å². The first-order valence-electron chi connectivity index (χ1n) is 6.74. The van der Waals surface area contributed by atoms with Crippen molar-refractivity contribution in [2.75, 3.05) is 6.61 Å². The Morgan fingerprint density at radius 1 is 1.28 bits per heavy atom. The van der Waals surface area contributed by atoms with Gasteiger partial charge in [-0.15, -0.1) is 0 Å². The Hall–Kier alpha value is -0.930. The van der Waals surface area contributed by atoms with Crippen molar-refractivity contribution in [3.8, 4) is 0 Å². The van der Waals surface area contributed by atoms with Crippen LogP contribution in [0.1, 0.15) is 39.2 Å². The van der Waals surface area contributed by atoms with E-state index in [2.05, 4.69) is 18.8 Å². The second kappa shape index (κ2) is 8.22. The Morgan fingerprint density at radius 3 is 2.67 bits per heavy atom. The molecule has 102 valence electrons. The fourth-order valence-electron chi connectivity index (χ4n) is 1.75. The summed E-state index contributed by atoms with van der Waals surface area (Å²) in [6.45, 7) is 7.55. The highest BCUT2D eigenvalue weighted by molar-refractivity contribution is 5.06. The molecular formula is C15H25NO2. The number of hydrogen-bond donors (Lipinski definition) is 1. The largest absolute Gasteiger partial charge is 0.393 e. The third-order valence-corrected chi connectivity index (χ3v) is 3.07. The number of pyridine rings is 1. The zero-order chi connectivity index (χ0) is 13.4. The number of nitrogens with zero attached hydrogens (tertiary/aromatic N) is 1. The molecule has 3 heteroatoms. The summed E-state index contributed by atoms with van der Waals surface area (Å²) < 4.78 is 5.61. The minimum Gasteiger partial charge on any atom is -0.393 e. The van der Waals surface area contributed by atoms with Gasteiger partial charge < -0.3 is 9.84 Å². The topological polar surface area (TPSA) is 42.4 Å². The third kappa shape index (κ3) is 6.12. The summed E-state index contributed by atoms with van der Waals surface area (Å²) in [6.07, 6.45) is 5.21. The molecule has 0 aliphatic carbocycles. The fraction of sp³-hybridized carbons (Fsp3) is 0.667. The van der Waals surface area contributed by atoms with E-state index in [1.165, 1.54) is 0 Å². The summed E-state index contributed by atoms with van der Waals surface area (Å²) in [4.78, 5) is 4.04. The van der Waals surface area contributed by atoms with Gasteiger partial charge in [-0.1, -0.05) is 26.8 Å². The van der Waals surface area contributed by atoms with Gasteiger partial charge in [-0.3, -0.25) is 4.98 Å². The zero-order valence-electron chi connectivity index (χ0n) is 11.7. The molecule has 1 rings (SSSR count). The van der Waals surface area contributed by atoms with E-state index in [9.17, 15) is 5.11 Å². The fourth-order valence-corrected chi connectivity index (χ4v) is 1.75. The molecule has 0 aromatic carbocycles. The van der Waals surface area contributed by atoms with E-state index in [0.29, 0.717) is 19.1 Å². The average Bonchev–Trinajstić information content (AvgIpc) is 2.37. The molecule has 0 amide bonds.